The van der Waals surface area contributed by atoms with Gasteiger partial charge in [0.1, 0.15) is 0 Å². The summed E-state index contributed by atoms with van der Waals surface area (Å²) in [4.78, 5) is 13.5. The highest BCUT2D eigenvalue weighted by Gasteiger charge is 2.11. The number of aromatic nitrogens is 3. The molecule has 0 fully saturated rings. The molecule has 0 aromatic carbocycles. The van der Waals surface area contributed by atoms with Gasteiger partial charge in [0, 0.05) is 33.2 Å². The van der Waals surface area contributed by atoms with E-state index in [2.05, 4.69) is 10.3 Å². The highest BCUT2D eigenvalue weighted by atomic mass is 16.5. The van der Waals surface area contributed by atoms with Crippen molar-refractivity contribution in [3.05, 3.63) is 11.9 Å². The van der Waals surface area contributed by atoms with Crippen molar-refractivity contribution in [1.82, 2.24) is 19.9 Å². The average molecular weight is 238 g/mol. The Balaban J connectivity index is 2.00. The van der Waals surface area contributed by atoms with Crippen molar-refractivity contribution in [2.75, 3.05) is 20.2 Å². The summed E-state index contributed by atoms with van der Waals surface area (Å²) in [5, 5.41) is 7.86. The summed E-state index contributed by atoms with van der Waals surface area (Å²) in [6.45, 7) is 2.68. The van der Waals surface area contributed by atoms with Gasteiger partial charge in [0.25, 0.3) is 0 Å². The zero-order valence-electron chi connectivity index (χ0n) is 10.1. The second kappa shape index (κ2) is 5.77. The van der Waals surface area contributed by atoms with Gasteiger partial charge in [-0.3, -0.25) is 4.79 Å². The van der Waals surface area contributed by atoms with E-state index in [0.717, 1.165) is 31.6 Å². The lowest BCUT2D eigenvalue weighted by Gasteiger charge is -2.18. The van der Waals surface area contributed by atoms with Gasteiger partial charge in [0.2, 0.25) is 5.91 Å². The van der Waals surface area contributed by atoms with E-state index in [-0.39, 0.29) is 5.91 Å². The number of amides is 1. The fourth-order valence-corrected chi connectivity index (χ4v) is 1.86. The Morgan fingerprint density at radius 2 is 2.24 bits per heavy atom. The summed E-state index contributed by atoms with van der Waals surface area (Å²) in [5.41, 5.74) is 0.978. The van der Waals surface area contributed by atoms with Gasteiger partial charge in [-0.1, -0.05) is 5.21 Å². The second-order valence-corrected chi connectivity index (χ2v) is 4.27. The topological polar surface area (TPSA) is 60.2 Å². The number of fused-ring (bicyclic) bond motifs is 1. The Morgan fingerprint density at radius 1 is 1.35 bits per heavy atom. The summed E-state index contributed by atoms with van der Waals surface area (Å²) >= 11 is 0. The number of hydrogen-bond acceptors (Lipinski definition) is 4. The molecule has 1 aliphatic heterocycles. The number of hydrogen-bond donors (Lipinski definition) is 0. The molecule has 1 aromatic heterocycles. The predicted octanol–water partition coefficient (Wildman–Crippen LogP) is 0.437. The van der Waals surface area contributed by atoms with Crippen LogP contribution in [0.25, 0.3) is 0 Å². The average Bonchev–Trinajstić information content (AvgIpc) is 2.74. The molecule has 1 aromatic rings. The first-order valence-electron chi connectivity index (χ1n) is 5.96. The first-order chi connectivity index (χ1) is 8.27. The molecule has 1 aliphatic rings. The molecule has 2 heterocycles. The number of ether oxygens (including phenoxy) is 1. The first-order valence-corrected chi connectivity index (χ1v) is 5.96. The van der Waals surface area contributed by atoms with Gasteiger partial charge in [-0.2, -0.15) is 0 Å². The van der Waals surface area contributed by atoms with E-state index in [1.54, 1.807) is 11.1 Å². The summed E-state index contributed by atoms with van der Waals surface area (Å²) in [7, 11) is 1.84. The van der Waals surface area contributed by atoms with Crippen molar-refractivity contribution >= 4 is 5.91 Å². The van der Waals surface area contributed by atoms with Crippen molar-refractivity contribution in [2.45, 2.75) is 32.4 Å². The third kappa shape index (κ3) is 3.26. The van der Waals surface area contributed by atoms with Crippen LogP contribution in [0, 0.1) is 0 Å². The van der Waals surface area contributed by atoms with E-state index in [0.29, 0.717) is 19.6 Å². The van der Waals surface area contributed by atoms with Crippen molar-refractivity contribution in [3.63, 3.8) is 0 Å². The minimum atomic E-state index is 0.187. The van der Waals surface area contributed by atoms with E-state index in [9.17, 15) is 4.79 Å². The lowest BCUT2D eigenvalue weighted by atomic mass is 10.2. The fourth-order valence-electron chi connectivity index (χ4n) is 1.86. The maximum Gasteiger partial charge on any atom is 0.222 e. The van der Waals surface area contributed by atoms with Gasteiger partial charge in [0.05, 0.1) is 18.5 Å². The highest BCUT2D eigenvalue weighted by molar-refractivity contribution is 5.75. The quantitative estimate of drug-likeness (QED) is 0.658. The third-order valence-corrected chi connectivity index (χ3v) is 2.92. The van der Waals surface area contributed by atoms with E-state index < -0.39 is 0 Å². The summed E-state index contributed by atoms with van der Waals surface area (Å²) in [6.07, 6.45) is 3.94. The maximum absolute atomic E-state index is 11.7. The molecule has 0 saturated heterocycles. The molecule has 0 spiro atoms. The van der Waals surface area contributed by atoms with Gasteiger partial charge in [-0.15, -0.1) is 5.10 Å². The molecule has 6 nitrogen and oxygen atoms in total. The number of nitrogens with zero attached hydrogens (tertiary/aromatic N) is 4. The van der Waals surface area contributed by atoms with E-state index in [1.165, 1.54) is 0 Å². The van der Waals surface area contributed by atoms with Crippen LogP contribution < -0.4 is 0 Å². The second-order valence-electron chi connectivity index (χ2n) is 4.27. The number of aryl methyl sites for hydroxylation is 1. The number of rotatable bonds is 0. The van der Waals surface area contributed by atoms with Crippen LogP contribution in [-0.4, -0.2) is 46.0 Å². The predicted molar refractivity (Wildman–Crippen MR) is 61.2 cm³/mol. The largest absolute Gasteiger partial charge is 0.375 e. The SMILES string of the molecule is CN1CCCOCc2cnnn2CCCC1=O. The van der Waals surface area contributed by atoms with Crippen LogP contribution in [0.2, 0.25) is 0 Å². The lowest BCUT2D eigenvalue weighted by Crippen LogP contribution is -2.28. The monoisotopic (exact) mass is 238 g/mol. The molecule has 0 bridgehead atoms. The minimum Gasteiger partial charge on any atom is -0.375 e. The fraction of sp³-hybridized carbons (Fsp3) is 0.727. The van der Waals surface area contributed by atoms with Gasteiger partial charge < -0.3 is 9.64 Å². The maximum atomic E-state index is 11.7. The molecule has 2 rings (SSSR count). The smallest absolute Gasteiger partial charge is 0.222 e. The van der Waals surface area contributed by atoms with Crippen LogP contribution in [0.4, 0.5) is 0 Å². The summed E-state index contributed by atoms with van der Waals surface area (Å²) in [6, 6.07) is 0. The molecule has 6 heteroatoms. The van der Waals surface area contributed by atoms with Crippen molar-refractivity contribution in [2.24, 2.45) is 0 Å². The van der Waals surface area contributed by atoms with Gasteiger partial charge in [-0.25, -0.2) is 4.68 Å². The Morgan fingerprint density at radius 3 is 3.12 bits per heavy atom. The highest BCUT2D eigenvalue weighted by Crippen LogP contribution is 2.05. The zero-order valence-corrected chi connectivity index (χ0v) is 10.1. The molecule has 0 unspecified atom stereocenters. The third-order valence-electron chi connectivity index (χ3n) is 2.92. The van der Waals surface area contributed by atoms with E-state index in [4.69, 9.17) is 4.74 Å². The van der Waals surface area contributed by atoms with Crippen LogP contribution in [-0.2, 0) is 22.7 Å². The first kappa shape index (κ1) is 12.0. The van der Waals surface area contributed by atoms with Crippen LogP contribution >= 0.6 is 0 Å². The summed E-state index contributed by atoms with van der Waals surface area (Å²) in [5.74, 6) is 0.187. The molecule has 0 N–H and O–H groups in total. The van der Waals surface area contributed by atoms with Gasteiger partial charge in [-0.05, 0) is 12.8 Å². The molecular weight excluding hydrogens is 220 g/mol. The van der Waals surface area contributed by atoms with Gasteiger partial charge in [0.15, 0.2) is 0 Å². The molecule has 1 amide bonds. The van der Waals surface area contributed by atoms with Crippen LogP contribution in [0.15, 0.2) is 6.20 Å². The molecule has 0 aliphatic carbocycles. The minimum absolute atomic E-state index is 0.187. The molecule has 0 saturated carbocycles. The van der Waals surface area contributed by atoms with E-state index in [1.807, 2.05) is 11.7 Å². The number of carbonyl (C=O) groups excluding carboxylic acids is 1. The molecule has 0 atom stereocenters. The molecule has 94 valence electrons. The molecule has 17 heavy (non-hydrogen) atoms. The van der Waals surface area contributed by atoms with Gasteiger partial charge >= 0.3 is 0 Å². The standard InChI is InChI=1S/C11H18N4O2/c1-14-5-3-7-17-9-10-8-12-13-15(10)6-2-4-11(14)16/h8H,2-7,9H2,1H3. The van der Waals surface area contributed by atoms with Crippen molar-refractivity contribution in [1.29, 1.82) is 0 Å². The Hall–Kier alpha value is -1.43. The Bertz CT molecular complexity index is 377. The molecule has 0 radical (unpaired) electrons. The van der Waals surface area contributed by atoms with E-state index >= 15 is 0 Å². The summed E-state index contributed by atoms with van der Waals surface area (Å²) < 4.78 is 7.35. The lowest BCUT2D eigenvalue weighted by molar-refractivity contribution is -0.130. The van der Waals surface area contributed by atoms with Crippen molar-refractivity contribution in [3.8, 4) is 0 Å². The van der Waals surface area contributed by atoms with Crippen LogP contribution in [0.1, 0.15) is 25.0 Å². The number of carbonyl (C=O) groups is 1. The van der Waals surface area contributed by atoms with Crippen LogP contribution in [0.3, 0.4) is 0 Å². The normalized spacial score (nSPS) is 19.4. The van der Waals surface area contributed by atoms with Crippen molar-refractivity contribution < 1.29 is 9.53 Å². The Kier molecular flexibility index (Phi) is 4.08. The molecular formula is C11H18N4O2. The van der Waals surface area contributed by atoms with Crippen LogP contribution in [0.5, 0.6) is 0 Å². The zero-order chi connectivity index (χ0) is 12.1. The Labute approximate surface area is 101 Å².